The molecule has 0 unspecified atom stereocenters. The average Bonchev–Trinajstić information content (AvgIpc) is 3.53. The summed E-state index contributed by atoms with van der Waals surface area (Å²) in [5, 5.41) is 6.99. The molecule has 34 heavy (non-hydrogen) atoms. The van der Waals surface area contributed by atoms with E-state index in [1.807, 2.05) is 7.05 Å². The minimum atomic E-state index is -4.25. The van der Waals surface area contributed by atoms with Gasteiger partial charge in [-0.2, -0.15) is 5.10 Å². The van der Waals surface area contributed by atoms with Gasteiger partial charge >= 0.3 is 29.6 Å². The number of aryl methyl sites for hydroxylation is 3. The van der Waals surface area contributed by atoms with Gasteiger partial charge in [-0.1, -0.05) is 6.07 Å². The second-order valence-corrected chi connectivity index (χ2v) is 10.9. The second-order valence-electron chi connectivity index (χ2n) is 9.41. The Labute approximate surface area is 223 Å². The molecule has 178 valence electrons. The Hall–Kier alpha value is -1.59. The van der Waals surface area contributed by atoms with Crippen LogP contribution < -0.4 is 39.2 Å². The smallest absolute Gasteiger partial charge is 0.423 e. The number of nitrogens with one attached hydrogen (secondary N) is 1. The number of amides is 2. The van der Waals surface area contributed by atoms with Gasteiger partial charge < -0.3 is 14.9 Å². The first-order valence-corrected chi connectivity index (χ1v) is 13.1. The van der Waals surface area contributed by atoms with E-state index in [1.165, 1.54) is 21.6 Å². The third-order valence-corrected chi connectivity index (χ3v) is 8.52. The minimum absolute atomic E-state index is 0. The van der Waals surface area contributed by atoms with E-state index >= 15 is 0 Å². The van der Waals surface area contributed by atoms with E-state index in [0.29, 0.717) is 5.69 Å². The molecule has 3 aliphatic rings. The molecule has 2 heterocycles. The van der Waals surface area contributed by atoms with Crippen LogP contribution in [0.15, 0.2) is 18.5 Å². The molecule has 2 aliphatic carbocycles. The fraction of sp³-hybridized carbons (Fsp3) is 0.565. The minimum Gasteiger partial charge on any atom is -0.423 e. The first kappa shape index (κ1) is 25.5. The Bertz CT molecular complexity index is 1150. The van der Waals surface area contributed by atoms with Crippen molar-refractivity contribution in [2.24, 2.45) is 7.05 Å². The van der Waals surface area contributed by atoms with Gasteiger partial charge in [0, 0.05) is 25.8 Å². The van der Waals surface area contributed by atoms with Gasteiger partial charge in [0.15, 0.2) is 6.03 Å². The van der Waals surface area contributed by atoms with Crippen LogP contribution in [0, 0.1) is 0 Å². The van der Waals surface area contributed by atoms with Crippen molar-refractivity contribution in [3.05, 3.63) is 45.4 Å². The third-order valence-electron chi connectivity index (χ3n) is 7.21. The number of likely N-dealkylation sites (tertiary alicyclic amines) is 1. The number of urea groups is 1. The predicted octanol–water partition coefficient (Wildman–Crippen LogP) is 0.153. The van der Waals surface area contributed by atoms with Crippen LogP contribution in [0.1, 0.15) is 47.9 Å². The van der Waals surface area contributed by atoms with E-state index in [1.54, 1.807) is 17.9 Å². The number of aromatic nitrogens is 2. The van der Waals surface area contributed by atoms with E-state index in [4.69, 9.17) is 0 Å². The molecule has 2 amide bonds. The quantitative estimate of drug-likeness (QED) is 0.577. The van der Waals surface area contributed by atoms with E-state index in [9.17, 15) is 13.2 Å². The number of carbonyl (C=O) groups excluding carboxylic acids is 1. The molecule has 1 saturated heterocycles. The summed E-state index contributed by atoms with van der Waals surface area (Å²) in [5.74, 6) is 0. The molecule has 1 aromatic carbocycles. The molecule has 0 saturated carbocycles. The van der Waals surface area contributed by atoms with Crippen LogP contribution in [0.2, 0.25) is 0 Å². The zero-order valence-corrected chi connectivity index (χ0v) is 23.1. The number of hydrogen-bond acceptors (Lipinski definition) is 5. The van der Waals surface area contributed by atoms with E-state index in [2.05, 4.69) is 26.1 Å². The van der Waals surface area contributed by atoms with Crippen LogP contribution in [0.25, 0.3) is 4.72 Å². The zero-order chi connectivity index (χ0) is 23.2. The number of anilines is 2. The van der Waals surface area contributed by atoms with E-state index < -0.39 is 16.2 Å². The molecule has 0 radical (unpaired) electrons. The standard InChI is InChI=1S/C23H32N6O3S.Na/c1-27-11-5-8-18(27)15-29(19-13-24-28(2)14-19)33(31,32)26-23(30)25-22-20-9-3-6-16(20)12-17-7-4-10-21(17)22;/h12-14,18H,3-11,15H2,1-2H3,(H2,25,26,30);/q;+1/p-1/t18-;/m1./s1. The summed E-state index contributed by atoms with van der Waals surface area (Å²) in [6, 6.07) is 1.51. The van der Waals surface area contributed by atoms with Crippen LogP contribution >= 0.6 is 0 Å². The number of likely N-dealkylation sites (N-methyl/N-ethyl adjacent to an activating group) is 1. The Morgan fingerprint density at radius 3 is 2.38 bits per heavy atom. The summed E-state index contributed by atoms with van der Waals surface area (Å²) in [4.78, 5) is 15.1. The first-order chi connectivity index (χ1) is 15.8. The zero-order valence-electron chi connectivity index (χ0n) is 20.2. The third kappa shape index (κ3) is 5.02. The molecule has 11 heteroatoms. The van der Waals surface area contributed by atoms with Gasteiger partial charge in [-0.3, -0.25) is 13.8 Å². The Kier molecular flexibility index (Phi) is 7.64. The van der Waals surface area contributed by atoms with Crippen LogP contribution in [0.5, 0.6) is 0 Å². The molecule has 1 aliphatic heterocycles. The van der Waals surface area contributed by atoms with Gasteiger partial charge in [0.1, 0.15) is 0 Å². The molecule has 1 fully saturated rings. The molecule has 2 aromatic rings. The maximum Gasteiger partial charge on any atom is 1.00 e. The number of carbonyl (C=O) groups is 1. The van der Waals surface area contributed by atoms with Crippen molar-refractivity contribution >= 4 is 27.6 Å². The molecule has 5 rings (SSSR count). The Morgan fingerprint density at radius 1 is 1.15 bits per heavy atom. The van der Waals surface area contributed by atoms with Crippen molar-refractivity contribution in [3.8, 4) is 0 Å². The van der Waals surface area contributed by atoms with Crippen molar-refractivity contribution in [2.75, 3.05) is 29.8 Å². The number of benzene rings is 1. The van der Waals surface area contributed by atoms with Crippen LogP contribution in [0.4, 0.5) is 16.2 Å². The van der Waals surface area contributed by atoms with E-state index in [-0.39, 0.29) is 42.1 Å². The van der Waals surface area contributed by atoms with Crippen molar-refractivity contribution in [1.29, 1.82) is 0 Å². The molecule has 0 spiro atoms. The van der Waals surface area contributed by atoms with Crippen molar-refractivity contribution < 1.29 is 42.8 Å². The maximum atomic E-state index is 13.3. The van der Waals surface area contributed by atoms with Gasteiger partial charge in [-0.05, 0) is 92.9 Å². The molecule has 0 bridgehead atoms. The fourth-order valence-electron chi connectivity index (χ4n) is 5.52. The maximum absolute atomic E-state index is 13.3. The van der Waals surface area contributed by atoms with Crippen LogP contribution in [-0.4, -0.2) is 55.3 Å². The molecular formula is C23H31N6NaO3S. The number of fused-ring (bicyclic) bond motifs is 2. The van der Waals surface area contributed by atoms with Crippen LogP contribution in [0.3, 0.4) is 0 Å². The predicted molar refractivity (Wildman–Crippen MR) is 128 cm³/mol. The van der Waals surface area contributed by atoms with Crippen molar-refractivity contribution in [1.82, 2.24) is 14.7 Å². The average molecular weight is 495 g/mol. The summed E-state index contributed by atoms with van der Waals surface area (Å²) in [6.07, 6.45) is 11.0. The monoisotopic (exact) mass is 494 g/mol. The normalized spacial score (nSPS) is 19.4. The SMILES string of the molecule is CN1CCC[C@@H]1CN(c1cnn(C)c1)S(=O)(=O)[N-]C(=O)Nc1c2c(cc3c1CCC3)CCC2.[Na+]. The number of nitrogens with zero attached hydrogens (tertiary/aromatic N) is 5. The molecule has 1 N–H and O–H groups in total. The number of hydrogen-bond donors (Lipinski definition) is 1. The Morgan fingerprint density at radius 2 is 1.82 bits per heavy atom. The summed E-state index contributed by atoms with van der Waals surface area (Å²) < 4.78 is 33.2. The van der Waals surface area contributed by atoms with E-state index in [0.717, 1.165) is 74.7 Å². The topological polar surface area (TPSA) is 102 Å². The van der Waals surface area contributed by atoms with Gasteiger partial charge in [-0.25, -0.2) is 8.42 Å². The molecule has 1 aromatic heterocycles. The molecular weight excluding hydrogens is 463 g/mol. The van der Waals surface area contributed by atoms with Gasteiger partial charge in [0.05, 0.1) is 11.9 Å². The first-order valence-electron chi connectivity index (χ1n) is 11.7. The molecule has 1 atom stereocenters. The van der Waals surface area contributed by atoms with Gasteiger partial charge in [0.2, 0.25) is 0 Å². The number of rotatable bonds is 6. The van der Waals surface area contributed by atoms with Crippen molar-refractivity contribution in [3.63, 3.8) is 0 Å². The van der Waals surface area contributed by atoms with Crippen molar-refractivity contribution in [2.45, 2.75) is 57.4 Å². The summed E-state index contributed by atoms with van der Waals surface area (Å²) in [5.41, 5.74) is 6.05. The summed E-state index contributed by atoms with van der Waals surface area (Å²) >= 11 is 0. The largest absolute Gasteiger partial charge is 1.00 e. The summed E-state index contributed by atoms with van der Waals surface area (Å²) in [6.45, 7) is 1.16. The fourth-order valence-corrected chi connectivity index (χ4v) is 6.60. The van der Waals surface area contributed by atoms with Crippen LogP contribution in [-0.2, 0) is 42.9 Å². The summed E-state index contributed by atoms with van der Waals surface area (Å²) in [7, 11) is -0.529. The molecule has 9 nitrogen and oxygen atoms in total. The van der Waals surface area contributed by atoms with Gasteiger partial charge in [0.25, 0.3) is 10.2 Å². The Balaban J connectivity index is 0.00000274. The second kappa shape index (κ2) is 10.2. The van der Waals surface area contributed by atoms with Gasteiger partial charge in [-0.15, -0.1) is 0 Å².